The predicted octanol–water partition coefficient (Wildman–Crippen LogP) is 7.86. The lowest BCUT2D eigenvalue weighted by molar-refractivity contribution is 0.0526. The van der Waals surface area contributed by atoms with Gasteiger partial charge in [-0.15, -0.1) is 11.3 Å². The smallest absolute Gasteiger partial charge is 0.341 e. The minimum absolute atomic E-state index is 0.247. The Kier molecular flexibility index (Phi) is 7.89. The molecule has 5 rings (SSSR count). The first kappa shape index (κ1) is 26.1. The number of carbonyl (C=O) groups excluding carboxylic acids is 2. The van der Waals surface area contributed by atoms with Crippen LogP contribution in [0, 0.1) is 5.92 Å². The molecule has 1 N–H and O–H groups in total. The molecule has 0 radical (unpaired) electrons. The van der Waals surface area contributed by atoms with E-state index in [4.69, 9.17) is 9.72 Å². The summed E-state index contributed by atoms with van der Waals surface area (Å²) in [6.45, 7) is 6.48. The van der Waals surface area contributed by atoms with Gasteiger partial charge in [0.2, 0.25) is 0 Å². The molecule has 5 nitrogen and oxygen atoms in total. The highest BCUT2D eigenvalue weighted by molar-refractivity contribution is 7.17. The van der Waals surface area contributed by atoms with Gasteiger partial charge in [0.1, 0.15) is 5.00 Å². The number of thiophene rings is 1. The Balaban J connectivity index is 1.54. The first-order valence-electron chi connectivity index (χ1n) is 13.6. The zero-order valence-corrected chi connectivity index (χ0v) is 23.1. The highest BCUT2D eigenvalue weighted by atomic mass is 32.1. The van der Waals surface area contributed by atoms with Crippen molar-refractivity contribution >= 4 is 39.1 Å². The van der Waals surface area contributed by atoms with Gasteiger partial charge in [-0.25, -0.2) is 9.78 Å². The fourth-order valence-electron chi connectivity index (χ4n) is 5.32. The van der Waals surface area contributed by atoms with Crippen LogP contribution >= 0.6 is 11.3 Å². The first-order valence-corrected chi connectivity index (χ1v) is 14.5. The molecule has 1 amide bonds. The minimum Gasteiger partial charge on any atom is -0.462 e. The number of para-hydroxylation sites is 1. The third-order valence-corrected chi connectivity index (χ3v) is 8.57. The molecule has 6 heteroatoms. The molecule has 38 heavy (non-hydrogen) atoms. The summed E-state index contributed by atoms with van der Waals surface area (Å²) in [5.74, 6) is 0.00138. The summed E-state index contributed by atoms with van der Waals surface area (Å²) in [6.07, 6.45) is 6.07. The van der Waals surface area contributed by atoms with Gasteiger partial charge in [0.25, 0.3) is 5.91 Å². The SMILES string of the molecule is CCCc1ccc(-c2cc(C(=O)Nc3sc4c(c3C(=O)OCC)CCC(CC)C4)c3ccccc3n2)cc1. The number of carbonyl (C=O) groups is 2. The Morgan fingerprint density at radius 1 is 1.08 bits per heavy atom. The van der Waals surface area contributed by atoms with Crippen molar-refractivity contribution in [2.24, 2.45) is 5.92 Å². The number of pyridine rings is 1. The number of nitrogens with one attached hydrogen (secondary N) is 1. The predicted molar refractivity (Wildman–Crippen MR) is 155 cm³/mol. The zero-order chi connectivity index (χ0) is 26.6. The average molecular weight is 527 g/mol. The molecule has 2 aromatic carbocycles. The standard InChI is InChI=1S/C32H34N2O3S/c1-4-9-21-12-15-22(16-13-21)27-19-25(23-10-7-8-11-26(23)33-27)30(35)34-31-29(32(36)37-6-3)24-17-14-20(5-2)18-28(24)38-31/h7-8,10-13,15-16,19-20H,4-6,9,14,17-18H2,1-3H3,(H,34,35). The Labute approximate surface area is 228 Å². The maximum atomic E-state index is 13.8. The van der Waals surface area contributed by atoms with E-state index in [1.807, 2.05) is 37.3 Å². The molecule has 0 aliphatic heterocycles. The molecule has 2 heterocycles. The van der Waals surface area contributed by atoms with Gasteiger partial charge in [0.15, 0.2) is 0 Å². The maximum absolute atomic E-state index is 13.8. The van der Waals surface area contributed by atoms with Crippen molar-refractivity contribution in [3.8, 4) is 11.3 Å². The van der Waals surface area contributed by atoms with E-state index in [2.05, 4.69) is 43.4 Å². The number of hydrogen-bond acceptors (Lipinski definition) is 5. The van der Waals surface area contributed by atoms with Crippen LogP contribution < -0.4 is 5.32 Å². The molecular weight excluding hydrogens is 492 g/mol. The van der Waals surface area contributed by atoms with Gasteiger partial charge >= 0.3 is 5.97 Å². The highest BCUT2D eigenvalue weighted by Gasteiger charge is 2.30. The molecule has 0 fully saturated rings. The Hall–Kier alpha value is -3.51. The lowest BCUT2D eigenvalue weighted by Gasteiger charge is -2.20. The van der Waals surface area contributed by atoms with E-state index < -0.39 is 0 Å². The van der Waals surface area contributed by atoms with E-state index in [9.17, 15) is 9.59 Å². The summed E-state index contributed by atoms with van der Waals surface area (Å²) in [5, 5.41) is 4.47. The van der Waals surface area contributed by atoms with Gasteiger partial charge in [0, 0.05) is 15.8 Å². The largest absolute Gasteiger partial charge is 0.462 e. The van der Waals surface area contributed by atoms with E-state index in [0.717, 1.165) is 66.2 Å². The summed E-state index contributed by atoms with van der Waals surface area (Å²) in [5.41, 5.74) is 5.87. The molecule has 196 valence electrons. The third kappa shape index (κ3) is 5.23. The van der Waals surface area contributed by atoms with Gasteiger partial charge in [-0.05, 0) is 61.8 Å². The Bertz CT molecular complexity index is 1470. The average Bonchev–Trinajstić information content (AvgIpc) is 3.30. The Morgan fingerprint density at radius 3 is 2.61 bits per heavy atom. The van der Waals surface area contributed by atoms with Crippen LogP contribution in [0.1, 0.15) is 76.8 Å². The van der Waals surface area contributed by atoms with E-state index in [-0.39, 0.29) is 11.9 Å². The van der Waals surface area contributed by atoms with E-state index in [0.29, 0.717) is 28.7 Å². The maximum Gasteiger partial charge on any atom is 0.341 e. The molecule has 1 aliphatic carbocycles. The molecule has 1 atom stereocenters. The fraction of sp³-hybridized carbons (Fsp3) is 0.344. The molecule has 1 unspecified atom stereocenters. The van der Waals surface area contributed by atoms with Crippen LogP contribution in [0.5, 0.6) is 0 Å². The quantitative estimate of drug-likeness (QED) is 0.237. The van der Waals surface area contributed by atoms with Crippen LogP contribution in [0.4, 0.5) is 5.00 Å². The number of ether oxygens (including phenoxy) is 1. The molecule has 0 saturated heterocycles. The molecule has 2 aromatic heterocycles. The number of aromatic nitrogens is 1. The number of esters is 1. The zero-order valence-electron chi connectivity index (χ0n) is 22.3. The van der Waals surface area contributed by atoms with Crippen LogP contribution in [0.2, 0.25) is 0 Å². The number of anilines is 1. The number of rotatable bonds is 8. The van der Waals surface area contributed by atoms with Crippen molar-refractivity contribution in [1.82, 2.24) is 4.98 Å². The normalized spacial score (nSPS) is 14.8. The number of aryl methyl sites for hydroxylation is 1. The molecule has 0 spiro atoms. The summed E-state index contributed by atoms with van der Waals surface area (Å²) < 4.78 is 5.41. The minimum atomic E-state index is -0.359. The second kappa shape index (κ2) is 11.5. The van der Waals surface area contributed by atoms with Crippen molar-refractivity contribution in [3.63, 3.8) is 0 Å². The molecule has 4 aromatic rings. The number of amides is 1. The molecule has 0 saturated carbocycles. The van der Waals surface area contributed by atoms with Crippen molar-refractivity contribution in [2.75, 3.05) is 11.9 Å². The lowest BCUT2D eigenvalue weighted by atomic mass is 9.85. The van der Waals surface area contributed by atoms with Crippen molar-refractivity contribution in [1.29, 1.82) is 0 Å². The monoisotopic (exact) mass is 526 g/mol. The lowest BCUT2D eigenvalue weighted by Crippen LogP contribution is -2.17. The van der Waals surface area contributed by atoms with Gasteiger partial charge in [-0.1, -0.05) is 69.2 Å². The summed E-state index contributed by atoms with van der Waals surface area (Å²) in [6, 6.07) is 17.9. The van der Waals surface area contributed by atoms with Gasteiger partial charge in [-0.3, -0.25) is 4.79 Å². The Morgan fingerprint density at radius 2 is 1.87 bits per heavy atom. The van der Waals surface area contributed by atoms with Crippen LogP contribution in [-0.2, 0) is 24.0 Å². The van der Waals surface area contributed by atoms with E-state index in [1.54, 1.807) is 0 Å². The number of nitrogens with zero attached hydrogens (tertiary/aromatic N) is 1. The first-order chi connectivity index (χ1) is 18.5. The summed E-state index contributed by atoms with van der Waals surface area (Å²) >= 11 is 1.52. The molecule has 1 aliphatic rings. The van der Waals surface area contributed by atoms with E-state index in [1.165, 1.54) is 21.8 Å². The summed E-state index contributed by atoms with van der Waals surface area (Å²) in [7, 11) is 0. The number of hydrogen-bond donors (Lipinski definition) is 1. The number of benzene rings is 2. The second-order valence-corrected chi connectivity index (χ2v) is 11.0. The van der Waals surface area contributed by atoms with Crippen molar-refractivity contribution < 1.29 is 14.3 Å². The van der Waals surface area contributed by atoms with Crippen LogP contribution in [0.15, 0.2) is 54.6 Å². The van der Waals surface area contributed by atoms with E-state index >= 15 is 0 Å². The topological polar surface area (TPSA) is 68.3 Å². The number of fused-ring (bicyclic) bond motifs is 2. The van der Waals surface area contributed by atoms with Gasteiger partial charge in [-0.2, -0.15) is 0 Å². The molecule has 0 bridgehead atoms. The van der Waals surface area contributed by atoms with Crippen LogP contribution in [0.3, 0.4) is 0 Å². The van der Waals surface area contributed by atoms with Gasteiger partial charge < -0.3 is 10.1 Å². The van der Waals surface area contributed by atoms with Crippen molar-refractivity contribution in [3.05, 3.63) is 81.7 Å². The molecular formula is C32H34N2O3S. The second-order valence-electron chi connectivity index (χ2n) is 9.92. The van der Waals surface area contributed by atoms with Gasteiger partial charge in [0.05, 0.1) is 28.9 Å². The van der Waals surface area contributed by atoms with Crippen LogP contribution in [-0.4, -0.2) is 23.5 Å². The van der Waals surface area contributed by atoms with Crippen molar-refractivity contribution in [2.45, 2.75) is 59.3 Å². The van der Waals surface area contributed by atoms with Crippen LogP contribution in [0.25, 0.3) is 22.2 Å². The summed E-state index contributed by atoms with van der Waals surface area (Å²) in [4.78, 5) is 32.9. The highest BCUT2D eigenvalue weighted by Crippen LogP contribution is 2.41. The fourth-order valence-corrected chi connectivity index (χ4v) is 6.67. The third-order valence-electron chi connectivity index (χ3n) is 7.40.